The van der Waals surface area contributed by atoms with E-state index in [0.717, 1.165) is 16.3 Å². The van der Waals surface area contributed by atoms with Crippen LogP contribution in [0.1, 0.15) is 12.5 Å². The summed E-state index contributed by atoms with van der Waals surface area (Å²) in [5.74, 6) is -0.281. The first-order chi connectivity index (χ1) is 8.95. The molecule has 0 radical (unpaired) electrons. The number of carbonyl (C=O) groups excluding carboxylic acids is 1. The molecule has 19 heavy (non-hydrogen) atoms. The highest BCUT2D eigenvalue weighted by Crippen LogP contribution is 1.99. The largest absolute Gasteiger partial charge is 0.355 e. The number of amides is 1. The van der Waals surface area contributed by atoms with Gasteiger partial charge in [0.25, 0.3) is 0 Å². The highest BCUT2D eigenvalue weighted by molar-refractivity contribution is 7.89. The van der Waals surface area contributed by atoms with E-state index in [9.17, 15) is 13.2 Å². The molecule has 0 aromatic heterocycles. The monoisotopic (exact) mass is 284 g/mol. The predicted octanol–water partition coefficient (Wildman–Crippen LogP) is 0.627. The van der Waals surface area contributed by atoms with Crippen LogP contribution in [0.2, 0.25) is 0 Å². The Morgan fingerprint density at radius 1 is 1.26 bits per heavy atom. The number of sulfonamides is 1. The normalized spacial score (nSPS) is 11.5. The SMILES string of the molecule is CCS(=O)(=O)N(C)CC(=O)NCCc1ccccc1. The third-order valence-electron chi connectivity index (χ3n) is 2.78. The van der Waals surface area contributed by atoms with E-state index in [1.54, 1.807) is 6.92 Å². The summed E-state index contributed by atoms with van der Waals surface area (Å²) in [5.41, 5.74) is 1.14. The quantitative estimate of drug-likeness (QED) is 0.798. The standard InChI is InChI=1S/C13H20N2O3S/c1-3-19(17,18)15(2)11-13(16)14-10-9-12-7-5-4-6-8-12/h4-8H,3,9-11H2,1-2H3,(H,14,16). The molecular formula is C13H20N2O3S. The van der Waals surface area contributed by atoms with E-state index in [1.165, 1.54) is 7.05 Å². The number of rotatable bonds is 7. The van der Waals surface area contributed by atoms with E-state index in [-0.39, 0.29) is 18.2 Å². The smallest absolute Gasteiger partial charge is 0.235 e. The van der Waals surface area contributed by atoms with Gasteiger partial charge in [-0.05, 0) is 18.9 Å². The lowest BCUT2D eigenvalue weighted by molar-refractivity contribution is -0.121. The third kappa shape index (κ3) is 5.40. The van der Waals surface area contributed by atoms with Gasteiger partial charge in [-0.2, -0.15) is 4.31 Å². The van der Waals surface area contributed by atoms with Crippen molar-refractivity contribution in [2.75, 3.05) is 25.9 Å². The van der Waals surface area contributed by atoms with Gasteiger partial charge in [0.2, 0.25) is 15.9 Å². The molecule has 1 aromatic rings. The second kappa shape index (κ2) is 7.25. The van der Waals surface area contributed by atoms with Crippen molar-refractivity contribution in [3.63, 3.8) is 0 Å². The summed E-state index contributed by atoms with van der Waals surface area (Å²) in [7, 11) is -1.89. The fourth-order valence-electron chi connectivity index (χ4n) is 1.57. The molecule has 0 heterocycles. The highest BCUT2D eigenvalue weighted by Gasteiger charge is 2.17. The second-order valence-corrected chi connectivity index (χ2v) is 6.61. The highest BCUT2D eigenvalue weighted by atomic mass is 32.2. The Hall–Kier alpha value is -1.40. The first kappa shape index (κ1) is 15.7. The number of hydrogen-bond acceptors (Lipinski definition) is 3. The zero-order chi connectivity index (χ0) is 14.3. The van der Waals surface area contributed by atoms with Gasteiger partial charge in [-0.15, -0.1) is 0 Å². The molecule has 0 spiro atoms. The molecule has 1 amide bonds. The van der Waals surface area contributed by atoms with E-state index in [4.69, 9.17) is 0 Å². The summed E-state index contributed by atoms with van der Waals surface area (Å²) in [6.07, 6.45) is 0.733. The van der Waals surface area contributed by atoms with Crippen LogP contribution >= 0.6 is 0 Å². The van der Waals surface area contributed by atoms with Crippen LogP contribution in [0.4, 0.5) is 0 Å². The lowest BCUT2D eigenvalue weighted by Gasteiger charge is -2.15. The maximum absolute atomic E-state index is 11.6. The Balaban J connectivity index is 2.33. The Kier molecular flexibility index (Phi) is 5.98. The van der Waals surface area contributed by atoms with Crippen LogP contribution in [0.5, 0.6) is 0 Å². The van der Waals surface area contributed by atoms with Gasteiger partial charge in [-0.25, -0.2) is 8.42 Å². The molecular weight excluding hydrogens is 264 g/mol. The number of hydrogen-bond donors (Lipinski definition) is 1. The average Bonchev–Trinajstić information content (AvgIpc) is 2.39. The van der Waals surface area contributed by atoms with Crippen molar-refractivity contribution in [3.8, 4) is 0 Å². The fraction of sp³-hybridized carbons (Fsp3) is 0.462. The van der Waals surface area contributed by atoms with Gasteiger partial charge in [0.05, 0.1) is 12.3 Å². The molecule has 0 saturated carbocycles. The molecule has 0 unspecified atom stereocenters. The van der Waals surface area contributed by atoms with E-state index >= 15 is 0 Å². The molecule has 1 rings (SSSR count). The molecule has 0 aliphatic rings. The number of likely N-dealkylation sites (N-methyl/N-ethyl adjacent to an activating group) is 1. The van der Waals surface area contributed by atoms with Gasteiger partial charge in [0.1, 0.15) is 0 Å². The number of nitrogens with one attached hydrogen (secondary N) is 1. The van der Waals surface area contributed by atoms with Crippen molar-refractivity contribution >= 4 is 15.9 Å². The zero-order valence-corrected chi connectivity index (χ0v) is 12.1. The summed E-state index contributed by atoms with van der Waals surface area (Å²) < 4.78 is 24.0. The molecule has 106 valence electrons. The van der Waals surface area contributed by atoms with Crippen LogP contribution in [-0.4, -0.2) is 44.5 Å². The molecule has 6 heteroatoms. The summed E-state index contributed by atoms with van der Waals surface area (Å²) in [5, 5.41) is 2.71. The molecule has 0 aliphatic heterocycles. The molecule has 1 aromatic carbocycles. The van der Waals surface area contributed by atoms with Crippen molar-refractivity contribution < 1.29 is 13.2 Å². The van der Waals surface area contributed by atoms with Crippen molar-refractivity contribution in [1.29, 1.82) is 0 Å². The summed E-state index contributed by atoms with van der Waals surface area (Å²) in [4.78, 5) is 11.6. The van der Waals surface area contributed by atoms with Gasteiger partial charge in [-0.3, -0.25) is 4.79 Å². The van der Waals surface area contributed by atoms with Crippen molar-refractivity contribution in [3.05, 3.63) is 35.9 Å². The molecule has 0 fully saturated rings. The average molecular weight is 284 g/mol. The Morgan fingerprint density at radius 2 is 1.89 bits per heavy atom. The maximum atomic E-state index is 11.6. The molecule has 0 aliphatic carbocycles. The number of benzene rings is 1. The first-order valence-corrected chi connectivity index (χ1v) is 7.81. The summed E-state index contributed by atoms with van der Waals surface area (Å²) in [6, 6.07) is 9.80. The minimum absolute atomic E-state index is 0.000789. The molecule has 0 atom stereocenters. The second-order valence-electron chi connectivity index (χ2n) is 4.24. The Labute approximate surface area is 114 Å². The van der Waals surface area contributed by atoms with Crippen LogP contribution in [0.15, 0.2) is 30.3 Å². The van der Waals surface area contributed by atoms with Crippen LogP contribution in [0.25, 0.3) is 0 Å². The van der Waals surface area contributed by atoms with Crippen LogP contribution in [0.3, 0.4) is 0 Å². The third-order valence-corrected chi connectivity index (χ3v) is 4.59. The van der Waals surface area contributed by atoms with Gasteiger partial charge < -0.3 is 5.32 Å². The topological polar surface area (TPSA) is 66.5 Å². The molecule has 1 N–H and O–H groups in total. The Bertz CT molecular complexity index is 500. The zero-order valence-electron chi connectivity index (χ0n) is 11.3. The number of nitrogens with zero attached hydrogens (tertiary/aromatic N) is 1. The maximum Gasteiger partial charge on any atom is 0.235 e. The minimum atomic E-state index is -3.30. The molecule has 0 bridgehead atoms. The fourth-order valence-corrected chi connectivity index (χ4v) is 2.32. The van der Waals surface area contributed by atoms with Gasteiger partial charge in [0, 0.05) is 13.6 Å². The van der Waals surface area contributed by atoms with Crippen LogP contribution in [0, 0.1) is 0 Å². The first-order valence-electron chi connectivity index (χ1n) is 6.20. The van der Waals surface area contributed by atoms with Crippen molar-refractivity contribution in [2.24, 2.45) is 0 Å². The van der Waals surface area contributed by atoms with Crippen molar-refractivity contribution in [2.45, 2.75) is 13.3 Å². The van der Waals surface area contributed by atoms with Gasteiger partial charge >= 0.3 is 0 Å². The predicted molar refractivity (Wildman–Crippen MR) is 75.2 cm³/mol. The van der Waals surface area contributed by atoms with E-state index in [1.807, 2.05) is 30.3 Å². The van der Waals surface area contributed by atoms with Gasteiger partial charge in [0.15, 0.2) is 0 Å². The summed E-state index contributed by atoms with van der Waals surface area (Å²) >= 11 is 0. The van der Waals surface area contributed by atoms with E-state index in [0.29, 0.717) is 6.54 Å². The minimum Gasteiger partial charge on any atom is -0.355 e. The van der Waals surface area contributed by atoms with Gasteiger partial charge in [-0.1, -0.05) is 30.3 Å². The molecule has 5 nitrogen and oxygen atoms in total. The van der Waals surface area contributed by atoms with E-state index < -0.39 is 10.0 Å². The van der Waals surface area contributed by atoms with Crippen LogP contribution < -0.4 is 5.32 Å². The van der Waals surface area contributed by atoms with E-state index in [2.05, 4.69) is 5.32 Å². The lowest BCUT2D eigenvalue weighted by Crippen LogP contribution is -2.39. The van der Waals surface area contributed by atoms with Crippen molar-refractivity contribution in [1.82, 2.24) is 9.62 Å². The lowest BCUT2D eigenvalue weighted by atomic mass is 10.1. The van der Waals surface area contributed by atoms with Crippen LogP contribution in [-0.2, 0) is 21.2 Å². The number of carbonyl (C=O) groups is 1. The molecule has 0 saturated heterocycles. The summed E-state index contributed by atoms with van der Waals surface area (Å²) in [6.45, 7) is 1.92. The Morgan fingerprint density at radius 3 is 2.47 bits per heavy atom.